The van der Waals surface area contributed by atoms with Gasteiger partial charge in [-0.15, -0.1) is 0 Å². The zero-order valence-corrected chi connectivity index (χ0v) is 12.3. The van der Waals surface area contributed by atoms with E-state index in [1.807, 2.05) is 0 Å². The van der Waals surface area contributed by atoms with E-state index in [4.69, 9.17) is 11.6 Å². The Morgan fingerprint density at radius 2 is 1.61 bits per heavy atom. The third-order valence-corrected chi connectivity index (χ3v) is 4.31. The molecule has 4 rings (SSSR count). The molecular weight excluding hydrogens is 325 g/mol. The predicted octanol–water partition coefficient (Wildman–Crippen LogP) is 4.65. The molecule has 23 heavy (non-hydrogen) atoms. The summed E-state index contributed by atoms with van der Waals surface area (Å²) in [5.74, 6) is -1.06. The van der Waals surface area contributed by atoms with E-state index >= 15 is 4.39 Å². The molecular formula is C17H8ClF3N2. The van der Waals surface area contributed by atoms with Gasteiger partial charge in [0.05, 0.1) is 10.7 Å². The molecule has 114 valence electrons. The Balaban J connectivity index is 2.09. The summed E-state index contributed by atoms with van der Waals surface area (Å²) >= 11 is 6.07. The molecule has 1 heterocycles. The summed E-state index contributed by atoms with van der Waals surface area (Å²) < 4.78 is 43.1. The second kappa shape index (κ2) is 4.80. The van der Waals surface area contributed by atoms with Gasteiger partial charge in [0.15, 0.2) is 5.67 Å². The van der Waals surface area contributed by atoms with E-state index in [1.165, 1.54) is 36.8 Å². The first-order valence-electron chi connectivity index (χ1n) is 6.77. The van der Waals surface area contributed by atoms with Gasteiger partial charge in [-0.05, 0) is 24.3 Å². The van der Waals surface area contributed by atoms with Crippen LogP contribution in [0.2, 0.25) is 5.02 Å². The minimum absolute atomic E-state index is 0.0560. The lowest BCUT2D eigenvalue weighted by Gasteiger charge is -2.24. The number of hydrogen-bond donors (Lipinski definition) is 0. The molecule has 0 aliphatic heterocycles. The Kier molecular flexibility index (Phi) is 2.96. The van der Waals surface area contributed by atoms with Crippen molar-refractivity contribution in [1.29, 1.82) is 0 Å². The number of hydrogen-bond acceptors (Lipinski definition) is 2. The van der Waals surface area contributed by atoms with Crippen molar-refractivity contribution in [1.82, 2.24) is 9.97 Å². The quantitative estimate of drug-likeness (QED) is 0.648. The highest BCUT2D eigenvalue weighted by atomic mass is 35.5. The Labute approximate surface area is 134 Å². The zero-order valence-electron chi connectivity index (χ0n) is 11.5. The van der Waals surface area contributed by atoms with Gasteiger partial charge in [0.1, 0.15) is 18.0 Å². The highest BCUT2D eigenvalue weighted by Gasteiger charge is 2.47. The van der Waals surface area contributed by atoms with Crippen LogP contribution in [0.3, 0.4) is 0 Å². The van der Waals surface area contributed by atoms with E-state index < -0.39 is 17.3 Å². The maximum atomic E-state index is 16.1. The van der Waals surface area contributed by atoms with Crippen LogP contribution in [-0.2, 0) is 5.67 Å². The van der Waals surface area contributed by atoms with Crippen molar-refractivity contribution in [2.24, 2.45) is 0 Å². The average molecular weight is 333 g/mol. The molecule has 0 spiro atoms. The molecule has 0 N–H and O–H groups in total. The van der Waals surface area contributed by atoms with E-state index in [1.54, 1.807) is 0 Å². The molecule has 3 aromatic rings. The van der Waals surface area contributed by atoms with E-state index in [2.05, 4.69) is 9.97 Å². The molecule has 2 nitrogen and oxygen atoms in total. The maximum absolute atomic E-state index is 16.1. The summed E-state index contributed by atoms with van der Waals surface area (Å²) in [6, 6.07) is 7.21. The van der Waals surface area contributed by atoms with Gasteiger partial charge in [0.25, 0.3) is 0 Å². The third-order valence-electron chi connectivity index (χ3n) is 3.99. The van der Waals surface area contributed by atoms with Crippen molar-refractivity contribution in [3.8, 4) is 11.3 Å². The molecule has 1 atom stereocenters. The first-order chi connectivity index (χ1) is 11.0. The van der Waals surface area contributed by atoms with Gasteiger partial charge in [0, 0.05) is 28.5 Å². The van der Waals surface area contributed by atoms with Gasteiger partial charge in [0.2, 0.25) is 0 Å². The van der Waals surface area contributed by atoms with Crippen LogP contribution in [0.1, 0.15) is 16.7 Å². The summed E-state index contributed by atoms with van der Waals surface area (Å²) in [5, 5.41) is -0.0560. The molecule has 6 heteroatoms. The normalized spacial score (nSPS) is 18.6. The summed E-state index contributed by atoms with van der Waals surface area (Å²) in [5.41, 5.74) is -1.08. The number of halogens is 4. The maximum Gasteiger partial charge on any atom is 0.191 e. The van der Waals surface area contributed by atoms with Gasteiger partial charge in [-0.3, -0.25) is 0 Å². The second-order valence-corrected chi connectivity index (χ2v) is 5.66. The Hall–Kier alpha value is -2.40. The third kappa shape index (κ3) is 1.90. The van der Waals surface area contributed by atoms with Gasteiger partial charge < -0.3 is 0 Å². The molecule has 1 aliphatic rings. The van der Waals surface area contributed by atoms with Crippen molar-refractivity contribution < 1.29 is 13.2 Å². The highest BCUT2D eigenvalue weighted by molar-refractivity contribution is 6.31. The number of nitrogens with zero attached hydrogens (tertiary/aromatic N) is 2. The minimum atomic E-state index is -2.16. The van der Waals surface area contributed by atoms with Gasteiger partial charge >= 0.3 is 0 Å². The van der Waals surface area contributed by atoms with Crippen LogP contribution in [0.15, 0.2) is 48.9 Å². The average Bonchev–Trinajstić information content (AvgIpc) is 2.77. The lowest BCUT2D eigenvalue weighted by Crippen LogP contribution is -2.21. The van der Waals surface area contributed by atoms with Gasteiger partial charge in [-0.1, -0.05) is 23.7 Å². The number of fused-ring (bicyclic) bond motifs is 3. The Morgan fingerprint density at radius 3 is 2.35 bits per heavy atom. The van der Waals surface area contributed by atoms with Crippen LogP contribution in [0.5, 0.6) is 0 Å². The lowest BCUT2D eigenvalue weighted by atomic mass is 9.87. The number of aromatic nitrogens is 2. The topological polar surface area (TPSA) is 25.8 Å². The van der Waals surface area contributed by atoms with Crippen molar-refractivity contribution in [2.45, 2.75) is 5.67 Å². The number of rotatable bonds is 1. The number of benzene rings is 2. The molecule has 2 aromatic carbocycles. The Bertz CT molecular complexity index is 945. The van der Waals surface area contributed by atoms with Crippen LogP contribution in [0.4, 0.5) is 13.2 Å². The van der Waals surface area contributed by atoms with Crippen LogP contribution >= 0.6 is 11.6 Å². The first kappa shape index (κ1) is 14.2. The monoisotopic (exact) mass is 332 g/mol. The summed E-state index contributed by atoms with van der Waals surface area (Å²) in [4.78, 5) is 7.94. The van der Waals surface area contributed by atoms with Crippen molar-refractivity contribution in [3.05, 3.63) is 82.3 Å². The molecule has 0 fully saturated rings. The van der Waals surface area contributed by atoms with Crippen LogP contribution in [0.25, 0.3) is 11.3 Å². The predicted molar refractivity (Wildman–Crippen MR) is 79.8 cm³/mol. The SMILES string of the molecule is Fc1ccc(C2(F)c3ccc(F)cc3-c3ncncc32)c(Cl)c1. The fourth-order valence-electron chi connectivity index (χ4n) is 3.01. The molecule has 1 aliphatic carbocycles. The summed E-state index contributed by atoms with van der Waals surface area (Å²) in [6.45, 7) is 0. The molecule has 0 saturated carbocycles. The molecule has 1 unspecified atom stereocenters. The fourth-order valence-corrected chi connectivity index (χ4v) is 3.31. The van der Waals surface area contributed by atoms with Crippen LogP contribution in [-0.4, -0.2) is 9.97 Å². The van der Waals surface area contributed by atoms with E-state index in [9.17, 15) is 8.78 Å². The van der Waals surface area contributed by atoms with E-state index in [-0.39, 0.29) is 21.7 Å². The number of alkyl halides is 1. The molecule has 0 amide bonds. The summed E-state index contributed by atoms with van der Waals surface area (Å²) in [7, 11) is 0. The van der Waals surface area contributed by atoms with Crippen molar-refractivity contribution in [3.63, 3.8) is 0 Å². The summed E-state index contributed by atoms with van der Waals surface area (Å²) in [6.07, 6.45) is 2.60. The standard InChI is InChI=1S/C17H8ClF3N2/c18-15-6-10(20)2-4-13(15)17(21)12-3-1-9(19)5-11(12)16-14(17)7-22-8-23-16/h1-8H. The smallest absolute Gasteiger partial charge is 0.191 e. The fraction of sp³-hybridized carbons (Fsp3) is 0.0588. The zero-order chi connectivity index (χ0) is 16.2. The second-order valence-electron chi connectivity index (χ2n) is 5.26. The molecule has 0 saturated heterocycles. The van der Waals surface area contributed by atoms with Crippen LogP contribution in [0, 0.1) is 11.6 Å². The van der Waals surface area contributed by atoms with Gasteiger partial charge in [-0.2, -0.15) is 0 Å². The highest BCUT2D eigenvalue weighted by Crippen LogP contribution is 2.53. The molecule has 0 bridgehead atoms. The Morgan fingerprint density at radius 1 is 0.913 bits per heavy atom. The molecule has 1 aromatic heterocycles. The van der Waals surface area contributed by atoms with E-state index in [0.717, 1.165) is 12.1 Å². The van der Waals surface area contributed by atoms with Crippen molar-refractivity contribution >= 4 is 11.6 Å². The van der Waals surface area contributed by atoms with Crippen molar-refractivity contribution in [2.75, 3.05) is 0 Å². The van der Waals surface area contributed by atoms with E-state index in [0.29, 0.717) is 11.3 Å². The lowest BCUT2D eigenvalue weighted by molar-refractivity contribution is 0.287. The van der Waals surface area contributed by atoms with Crippen LogP contribution < -0.4 is 0 Å². The largest absolute Gasteiger partial charge is 0.244 e. The van der Waals surface area contributed by atoms with Gasteiger partial charge in [-0.25, -0.2) is 23.1 Å². The molecule has 0 radical (unpaired) electrons. The first-order valence-corrected chi connectivity index (χ1v) is 7.15. The minimum Gasteiger partial charge on any atom is -0.244 e.